The Morgan fingerprint density at radius 3 is 0.864 bits per heavy atom. The summed E-state index contributed by atoms with van der Waals surface area (Å²) >= 11 is 0. The van der Waals surface area contributed by atoms with Gasteiger partial charge in [-0.05, 0) is 84.9 Å². The van der Waals surface area contributed by atoms with E-state index in [9.17, 15) is 25.3 Å². The van der Waals surface area contributed by atoms with Gasteiger partial charge >= 0.3 is 0 Å². The smallest absolute Gasteiger partial charge is 0.206 e. The lowest BCUT2D eigenvalue weighted by molar-refractivity contribution is -0.103. The molecule has 0 amide bonds. The number of hydrogen-bond donors (Lipinski definition) is 0. The minimum absolute atomic E-state index is 0.168. The van der Waals surface area contributed by atoms with Crippen molar-refractivity contribution in [2.45, 2.75) is 79.5 Å². The SMILES string of the molecule is CCOC(C(C)(C(OCC)S(=O)(=O)c1ccc(C)cc1)C(OCC)S(=O)(=O)c1ccc(C)cc1)S(=O)(=O)c1ccc(C)cc1. The molecular formula is C32H42O9S3. The third kappa shape index (κ3) is 7.11. The molecule has 0 saturated carbocycles. The van der Waals surface area contributed by atoms with Crippen molar-refractivity contribution in [3.63, 3.8) is 0 Å². The van der Waals surface area contributed by atoms with Gasteiger partial charge in [0.15, 0.2) is 16.3 Å². The Morgan fingerprint density at radius 1 is 0.477 bits per heavy atom. The van der Waals surface area contributed by atoms with Gasteiger partial charge in [-0.1, -0.05) is 53.1 Å². The van der Waals surface area contributed by atoms with Crippen LogP contribution in [0.4, 0.5) is 0 Å². The van der Waals surface area contributed by atoms with Gasteiger partial charge < -0.3 is 14.2 Å². The molecule has 0 radical (unpaired) electrons. The molecule has 3 aromatic carbocycles. The van der Waals surface area contributed by atoms with Crippen LogP contribution in [0.1, 0.15) is 44.4 Å². The van der Waals surface area contributed by atoms with E-state index in [4.69, 9.17) is 14.2 Å². The van der Waals surface area contributed by atoms with Crippen LogP contribution < -0.4 is 0 Å². The van der Waals surface area contributed by atoms with Crippen LogP contribution in [-0.2, 0) is 43.7 Å². The van der Waals surface area contributed by atoms with Crippen molar-refractivity contribution in [1.82, 2.24) is 0 Å². The summed E-state index contributed by atoms with van der Waals surface area (Å²) in [6.45, 7) is 10.7. The fraction of sp³-hybridized carbons (Fsp3) is 0.438. The Balaban J connectivity index is 2.49. The highest BCUT2D eigenvalue weighted by Crippen LogP contribution is 2.47. The zero-order chi connectivity index (χ0) is 32.9. The molecule has 9 nitrogen and oxygen atoms in total. The Labute approximate surface area is 262 Å². The molecule has 0 aromatic heterocycles. The van der Waals surface area contributed by atoms with E-state index in [1.165, 1.54) is 43.3 Å². The van der Waals surface area contributed by atoms with Crippen molar-refractivity contribution in [3.8, 4) is 0 Å². The van der Waals surface area contributed by atoms with Crippen LogP contribution in [0.3, 0.4) is 0 Å². The van der Waals surface area contributed by atoms with Gasteiger partial charge in [0.1, 0.15) is 0 Å². The molecular weight excluding hydrogens is 625 g/mol. The van der Waals surface area contributed by atoms with Crippen molar-refractivity contribution >= 4 is 29.5 Å². The number of benzene rings is 3. The first kappa shape index (κ1) is 35.9. The van der Waals surface area contributed by atoms with E-state index < -0.39 is 51.2 Å². The molecule has 0 aliphatic carbocycles. The Bertz CT molecular complexity index is 1510. The van der Waals surface area contributed by atoms with Crippen LogP contribution in [0.2, 0.25) is 0 Å². The third-order valence-corrected chi connectivity index (χ3v) is 13.8. The summed E-state index contributed by atoms with van der Waals surface area (Å²) < 4.78 is 105. The summed E-state index contributed by atoms with van der Waals surface area (Å²) in [7, 11) is -13.7. The highest BCUT2D eigenvalue weighted by Gasteiger charge is 2.63. The van der Waals surface area contributed by atoms with E-state index >= 15 is 0 Å². The lowest BCUT2D eigenvalue weighted by Gasteiger charge is -2.45. The van der Waals surface area contributed by atoms with Crippen LogP contribution in [0.25, 0.3) is 0 Å². The minimum atomic E-state index is -4.57. The molecule has 0 fully saturated rings. The lowest BCUT2D eigenvalue weighted by Crippen LogP contribution is -2.61. The maximum atomic E-state index is 14.5. The molecule has 3 rings (SSSR count). The summed E-state index contributed by atoms with van der Waals surface area (Å²) in [6, 6.07) is 17.9. The average molecular weight is 667 g/mol. The average Bonchev–Trinajstić information content (AvgIpc) is 2.97. The fourth-order valence-electron chi connectivity index (χ4n) is 5.15. The zero-order valence-electron chi connectivity index (χ0n) is 26.2. The van der Waals surface area contributed by atoms with Gasteiger partial charge in [0.2, 0.25) is 29.5 Å². The number of aryl methyl sites for hydroxylation is 3. The number of ether oxygens (including phenoxy) is 3. The topological polar surface area (TPSA) is 130 Å². The molecule has 3 unspecified atom stereocenters. The van der Waals surface area contributed by atoms with Gasteiger partial charge in [0.25, 0.3) is 0 Å². The predicted molar refractivity (Wildman–Crippen MR) is 169 cm³/mol. The molecule has 0 aliphatic heterocycles. The second-order valence-corrected chi connectivity index (χ2v) is 16.8. The maximum absolute atomic E-state index is 14.5. The van der Waals surface area contributed by atoms with E-state index in [0.29, 0.717) is 0 Å². The van der Waals surface area contributed by atoms with Gasteiger partial charge in [-0.3, -0.25) is 0 Å². The number of hydrogen-bond acceptors (Lipinski definition) is 9. The van der Waals surface area contributed by atoms with Gasteiger partial charge in [-0.15, -0.1) is 0 Å². The Morgan fingerprint density at radius 2 is 0.682 bits per heavy atom. The van der Waals surface area contributed by atoms with E-state index in [1.54, 1.807) is 77.9 Å². The minimum Gasteiger partial charge on any atom is -0.361 e. The fourth-order valence-corrected chi connectivity index (χ4v) is 11.4. The van der Waals surface area contributed by atoms with E-state index in [0.717, 1.165) is 16.7 Å². The van der Waals surface area contributed by atoms with E-state index in [-0.39, 0.29) is 34.5 Å². The van der Waals surface area contributed by atoms with Crippen molar-refractivity contribution in [3.05, 3.63) is 89.5 Å². The molecule has 0 aliphatic rings. The second-order valence-electron chi connectivity index (χ2n) is 10.8. The van der Waals surface area contributed by atoms with Crippen molar-refractivity contribution in [2.24, 2.45) is 5.41 Å². The summed E-state index contributed by atoms with van der Waals surface area (Å²) in [5, 5.41) is 0. The summed E-state index contributed by atoms with van der Waals surface area (Å²) in [5.74, 6) is 0. The van der Waals surface area contributed by atoms with Crippen molar-refractivity contribution in [2.75, 3.05) is 19.8 Å². The van der Waals surface area contributed by atoms with Crippen LogP contribution in [0.5, 0.6) is 0 Å². The van der Waals surface area contributed by atoms with Gasteiger partial charge in [0.05, 0.1) is 20.1 Å². The quantitative estimate of drug-likeness (QED) is 0.209. The molecule has 0 N–H and O–H groups in total. The maximum Gasteiger partial charge on any atom is 0.206 e. The largest absolute Gasteiger partial charge is 0.361 e. The zero-order valence-corrected chi connectivity index (χ0v) is 28.6. The number of sulfone groups is 3. The lowest BCUT2D eigenvalue weighted by atomic mass is 9.92. The van der Waals surface area contributed by atoms with Gasteiger partial charge in [-0.2, -0.15) is 0 Å². The molecule has 0 heterocycles. The van der Waals surface area contributed by atoms with E-state index in [2.05, 4.69) is 0 Å². The first-order valence-corrected chi connectivity index (χ1v) is 19.0. The first-order chi connectivity index (χ1) is 20.6. The summed E-state index contributed by atoms with van der Waals surface area (Å²) in [5.41, 5.74) is -6.09. The molecule has 44 heavy (non-hydrogen) atoms. The van der Waals surface area contributed by atoms with Crippen LogP contribution in [-0.4, -0.2) is 61.4 Å². The van der Waals surface area contributed by atoms with E-state index in [1.807, 2.05) is 0 Å². The normalized spacial score (nSPS) is 16.2. The Hall–Kier alpha value is -2.61. The molecule has 242 valence electrons. The Kier molecular flexibility index (Phi) is 11.6. The van der Waals surface area contributed by atoms with Crippen LogP contribution in [0.15, 0.2) is 87.5 Å². The summed E-state index contributed by atoms with van der Waals surface area (Å²) in [6.07, 6.45) is 0. The van der Waals surface area contributed by atoms with Gasteiger partial charge in [0, 0.05) is 19.8 Å². The predicted octanol–water partition coefficient (Wildman–Crippen LogP) is 5.43. The molecule has 0 bridgehead atoms. The summed E-state index contributed by atoms with van der Waals surface area (Å²) in [4.78, 5) is -0.504. The van der Waals surface area contributed by atoms with Crippen LogP contribution in [0, 0.1) is 26.2 Å². The molecule has 12 heteroatoms. The highest BCUT2D eigenvalue weighted by molar-refractivity contribution is 7.94. The second kappa shape index (κ2) is 14.2. The first-order valence-electron chi connectivity index (χ1n) is 14.3. The van der Waals surface area contributed by atoms with Gasteiger partial charge in [-0.25, -0.2) is 25.3 Å². The van der Waals surface area contributed by atoms with Crippen molar-refractivity contribution < 1.29 is 39.5 Å². The monoisotopic (exact) mass is 666 g/mol. The highest BCUT2D eigenvalue weighted by atomic mass is 32.2. The third-order valence-electron chi connectivity index (χ3n) is 7.37. The van der Waals surface area contributed by atoms with Crippen LogP contribution >= 0.6 is 0 Å². The molecule has 0 saturated heterocycles. The molecule has 3 atom stereocenters. The van der Waals surface area contributed by atoms with Crippen molar-refractivity contribution in [1.29, 1.82) is 0 Å². The number of rotatable bonds is 15. The molecule has 3 aromatic rings. The molecule has 0 spiro atoms. The standard InChI is InChI=1S/C32H42O9S3/c1-8-39-29(42(33,34)26-17-11-23(4)12-18-26)32(7,30(40-9-2)43(35,36)27-19-13-24(5)14-20-27)31(41-10-3)44(37,38)28-21-15-25(6)16-22-28/h11-22,29-31H,8-10H2,1-7H3.